The predicted molar refractivity (Wildman–Crippen MR) is 125 cm³/mol. The lowest BCUT2D eigenvalue weighted by molar-refractivity contribution is -0.384. The summed E-state index contributed by atoms with van der Waals surface area (Å²) in [6.45, 7) is 5.51. The number of ether oxygens (including phenoxy) is 1. The fraction of sp³-hybridized carbons (Fsp3) is 0.200. The largest absolute Gasteiger partial charge is 0.495 e. The van der Waals surface area contributed by atoms with E-state index < -0.39 is 10.8 Å². The number of hydrogen-bond acceptors (Lipinski definition) is 5. The molecule has 0 aliphatic carbocycles. The Kier molecular flexibility index (Phi) is 6.94. The van der Waals surface area contributed by atoms with Crippen LogP contribution in [0.3, 0.4) is 0 Å². The zero-order chi connectivity index (χ0) is 24.1. The van der Waals surface area contributed by atoms with Gasteiger partial charge in [-0.2, -0.15) is 5.26 Å². The molecule has 0 radical (unpaired) electrons. The number of carbonyl (C=O) groups is 1. The van der Waals surface area contributed by atoms with Crippen LogP contribution >= 0.6 is 0 Å². The number of rotatable bonds is 7. The van der Waals surface area contributed by atoms with Gasteiger partial charge in [-0.1, -0.05) is 30.3 Å². The summed E-state index contributed by atoms with van der Waals surface area (Å²) in [5.74, 6) is -0.0144. The zero-order valence-electron chi connectivity index (χ0n) is 18.8. The van der Waals surface area contributed by atoms with Crippen molar-refractivity contribution in [3.63, 3.8) is 0 Å². The molecule has 0 unspecified atom stereocenters. The van der Waals surface area contributed by atoms with Crippen molar-refractivity contribution in [2.45, 2.75) is 26.8 Å². The van der Waals surface area contributed by atoms with E-state index in [1.54, 1.807) is 10.6 Å². The van der Waals surface area contributed by atoms with Gasteiger partial charge in [0, 0.05) is 23.5 Å². The smallest absolute Gasteiger partial charge is 0.271 e. The first-order chi connectivity index (χ1) is 15.8. The third kappa shape index (κ3) is 4.93. The molecule has 1 amide bonds. The molecule has 0 spiro atoms. The molecule has 8 heteroatoms. The summed E-state index contributed by atoms with van der Waals surface area (Å²) in [6.07, 6.45) is 1.52. The van der Waals surface area contributed by atoms with Crippen molar-refractivity contribution in [3.8, 4) is 17.5 Å². The van der Waals surface area contributed by atoms with Gasteiger partial charge in [0.25, 0.3) is 11.6 Å². The molecule has 8 nitrogen and oxygen atoms in total. The number of aromatic nitrogens is 1. The van der Waals surface area contributed by atoms with Crippen LogP contribution in [0.5, 0.6) is 5.75 Å². The Labute approximate surface area is 191 Å². The van der Waals surface area contributed by atoms with Crippen LogP contribution in [-0.2, 0) is 4.79 Å². The minimum atomic E-state index is -0.480. The average Bonchev–Trinajstić information content (AvgIpc) is 3.09. The fourth-order valence-electron chi connectivity index (χ4n) is 3.67. The van der Waals surface area contributed by atoms with Gasteiger partial charge < -0.3 is 14.6 Å². The van der Waals surface area contributed by atoms with Crippen molar-refractivity contribution in [1.29, 1.82) is 5.26 Å². The molecule has 2 aromatic carbocycles. The lowest BCUT2D eigenvalue weighted by Crippen LogP contribution is -2.27. The van der Waals surface area contributed by atoms with Gasteiger partial charge in [-0.3, -0.25) is 14.9 Å². The van der Waals surface area contributed by atoms with Gasteiger partial charge in [-0.25, -0.2) is 0 Å². The van der Waals surface area contributed by atoms with Crippen molar-refractivity contribution in [3.05, 3.63) is 92.8 Å². The van der Waals surface area contributed by atoms with E-state index >= 15 is 0 Å². The molecule has 1 aromatic heterocycles. The first kappa shape index (κ1) is 23.3. The first-order valence-electron chi connectivity index (χ1n) is 10.3. The highest BCUT2D eigenvalue weighted by atomic mass is 16.6. The third-order valence-corrected chi connectivity index (χ3v) is 5.40. The molecule has 0 aliphatic heterocycles. The van der Waals surface area contributed by atoms with Crippen LogP contribution in [0.15, 0.2) is 60.2 Å². The summed E-state index contributed by atoms with van der Waals surface area (Å²) >= 11 is 0. The molecule has 0 saturated heterocycles. The van der Waals surface area contributed by atoms with E-state index in [1.807, 2.05) is 63.2 Å². The molecule has 0 aliphatic rings. The third-order valence-electron chi connectivity index (χ3n) is 5.40. The number of carbonyl (C=O) groups excluding carboxylic acids is 1. The van der Waals surface area contributed by atoms with Crippen molar-refractivity contribution in [2.24, 2.45) is 0 Å². The summed E-state index contributed by atoms with van der Waals surface area (Å²) in [7, 11) is 1.49. The van der Waals surface area contributed by atoms with Crippen LogP contribution in [0.1, 0.15) is 35.5 Å². The number of nitrogens with one attached hydrogen (secondary N) is 1. The SMILES string of the molecule is COc1ccc([N+](=O)[O-])cc1-n1c(C)cc(/C=C(/C#N)C(=O)N[C@H](C)c2ccccc2)c1C. The van der Waals surface area contributed by atoms with Crippen LogP contribution in [0, 0.1) is 35.3 Å². The van der Waals surface area contributed by atoms with Crippen molar-refractivity contribution < 1.29 is 14.5 Å². The second kappa shape index (κ2) is 9.83. The lowest BCUT2D eigenvalue weighted by Gasteiger charge is -2.14. The number of benzene rings is 2. The van der Waals surface area contributed by atoms with Crippen LogP contribution in [0.2, 0.25) is 0 Å². The quantitative estimate of drug-likeness (QED) is 0.244. The van der Waals surface area contributed by atoms with Crippen LogP contribution in [0.4, 0.5) is 5.69 Å². The second-order valence-electron chi connectivity index (χ2n) is 7.55. The van der Waals surface area contributed by atoms with E-state index in [-0.39, 0.29) is 17.3 Å². The topological polar surface area (TPSA) is 110 Å². The number of non-ortho nitro benzene ring substituents is 1. The molecule has 168 valence electrons. The number of aryl methyl sites for hydroxylation is 1. The first-order valence-corrected chi connectivity index (χ1v) is 10.3. The van der Waals surface area contributed by atoms with Crippen molar-refractivity contribution in [1.82, 2.24) is 9.88 Å². The Bertz CT molecular complexity index is 1270. The number of nitro groups is 1. The van der Waals surface area contributed by atoms with E-state index in [9.17, 15) is 20.2 Å². The molecule has 1 heterocycles. The van der Waals surface area contributed by atoms with Crippen molar-refractivity contribution in [2.75, 3.05) is 7.11 Å². The molecular formula is C25H24N4O4. The number of amides is 1. The van der Waals surface area contributed by atoms with Gasteiger partial charge in [0.1, 0.15) is 17.4 Å². The Balaban J connectivity index is 1.98. The number of nitrogens with zero attached hydrogens (tertiary/aromatic N) is 3. The Morgan fingerprint density at radius 2 is 1.91 bits per heavy atom. The van der Waals surface area contributed by atoms with Crippen LogP contribution < -0.4 is 10.1 Å². The molecule has 33 heavy (non-hydrogen) atoms. The van der Waals surface area contributed by atoms with E-state index in [1.165, 1.54) is 25.3 Å². The zero-order valence-corrected chi connectivity index (χ0v) is 18.8. The standard InChI is InChI=1S/C25H24N4O4/c1-16-12-20(13-21(15-26)25(30)27-17(2)19-8-6-5-7-9-19)18(3)28(16)23-14-22(29(31)32)10-11-24(23)33-4/h5-14,17H,1-4H3,(H,27,30)/b21-13-/t17-/m1/s1. The summed E-state index contributed by atoms with van der Waals surface area (Å²) in [5, 5.41) is 23.7. The predicted octanol–water partition coefficient (Wildman–Crippen LogP) is 4.80. The highest BCUT2D eigenvalue weighted by Crippen LogP contribution is 2.32. The van der Waals surface area contributed by atoms with Gasteiger partial charge in [-0.05, 0) is 50.1 Å². The van der Waals surface area contributed by atoms with Gasteiger partial charge in [0.15, 0.2) is 0 Å². The highest BCUT2D eigenvalue weighted by molar-refractivity contribution is 6.02. The monoisotopic (exact) mass is 444 g/mol. The molecule has 3 aromatic rings. The van der Waals surface area contributed by atoms with Gasteiger partial charge in [0.05, 0.1) is 23.8 Å². The highest BCUT2D eigenvalue weighted by Gasteiger charge is 2.19. The molecule has 0 fully saturated rings. The minimum absolute atomic E-state index is 0.0379. The molecule has 0 bridgehead atoms. The van der Waals surface area contributed by atoms with E-state index in [0.717, 1.165) is 11.3 Å². The Morgan fingerprint density at radius 3 is 2.52 bits per heavy atom. The number of nitriles is 1. The Hall–Kier alpha value is -4.38. The van der Waals surface area contributed by atoms with Crippen LogP contribution in [-0.4, -0.2) is 22.5 Å². The molecule has 1 atom stereocenters. The summed E-state index contributed by atoms with van der Waals surface area (Å²) in [6, 6.07) is 17.4. The van der Waals surface area contributed by atoms with E-state index in [0.29, 0.717) is 22.7 Å². The minimum Gasteiger partial charge on any atom is -0.495 e. The molecule has 1 N–H and O–H groups in total. The molecule has 0 saturated carbocycles. The Morgan fingerprint density at radius 1 is 1.21 bits per heavy atom. The van der Waals surface area contributed by atoms with Gasteiger partial charge >= 0.3 is 0 Å². The summed E-state index contributed by atoms with van der Waals surface area (Å²) in [5.41, 5.74) is 3.46. The maximum absolute atomic E-state index is 12.8. The van der Waals surface area contributed by atoms with E-state index in [2.05, 4.69) is 5.32 Å². The number of nitro benzene ring substituents is 1. The fourth-order valence-corrected chi connectivity index (χ4v) is 3.67. The number of hydrogen-bond donors (Lipinski definition) is 1. The maximum atomic E-state index is 12.8. The molecular weight excluding hydrogens is 420 g/mol. The number of methoxy groups -OCH3 is 1. The molecule has 3 rings (SSSR count). The van der Waals surface area contributed by atoms with Crippen LogP contribution in [0.25, 0.3) is 11.8 Å². The second-order valence-corrected chi connectivity index (χ2v) is 7.55. The average molecular weight is 444 g/mol. The van der Waals surface area contributed by atoms with Crippen molar-refractivity contribution >= 4 is 17.7 Å². The van der Waals surface area contributed by atoms with E-state index in [4.69, 9.17) is 4.74 Å². The normalized spacial score (nSPS) is 12.0. The lowest BCUT2D eigenvalue weighted by atomic mass is 10.1. The van der Waals surface area contributed by atoms with Gasteiger partial charge in [-0.15, -0.1) is 0 Å². The van der Waals surface area contributed by atoms with Gasteiger partial charge in [0.2, 0.25) is 0 Å². The maximum Gasteiger partial charge on any atom is 0.271 e. The summed E-state index contributed by atoms with van der Waals surface area (Å²) in [4.78, 5) is 23.6. The summed E-state index contributed by atoms with van der Waals surface area (Å²) < 4.78 is 7.21.